The fourth-order valence-corrected chi connectivity index (χ4v) is 1.76. The van der Waals surface area contributed by atoms with Crippen LogP contribution in [-0.4, -0.2) is 48.5 Å². The Morgan fingerprint density at radius 3 is 2.27 bits per heavy atom. The molecule has 0 aliphatic carbocycles. The van der Waals surface area contributed by atoms with Crippen molar-refractivity contribution in [3.63, 3.8) is 0 Å². The fraction of sp³-hybridized carbons (Fsp3) is 0.471. The van der Waals surface area contributed by atoms with Crippen molar-refractivity contribution in [2.45, 2.75) is 33.3 Å². The molecule has 3 amide bonds. The number of ether oxygens (including phenoxy) is 3. The van der Waals surface area contributed by atoms with E-state index < -0.39 is 23.9 Å². The molecule has 1 aromatic rings. The predicted molar refractivity (Wildman–Crippen MR) is 95.1 cm³/mol. The van der Waals surface area contributed by atoms with E-state index in [9.17, 15) is 14.4 Å². The number of imide groups is 1. The van der Waals surface area contributed by atoms with E-state index in [4.69, 9.17) is 15.2 Å². The molecule has 3 N–H and O–H groups in total. The maximum absolute atomic E-state index is 12.3. The molecule has 0 aliphatic rings. The molecule has 0 fully saturated rings. The van der Waals surface area contributed by atoms with Gasteiger partial charge in [-0.15, -0.1) is 0 Å². The zero-order valence-electron chi connectivity index (χ0n) is 15.4. The standard InChI is InChI=1S/C17H25N3O6/c1-5-24-16(23)25-13-8-6-12(7-9-13)19-14(21)20(11-10-18)15(22)26-17(2,3)4/h6-9H,5,10-11,18H2,1-4H3,(H,19,21). The summed E-state index contributed by atoms with van der Waals surface area (Å²) in [6.07, 6.45) is -1.61. The molecule has 1 aromatic carbocycles. The van der Waals surface area contributed by atoms with Crippen molar-refractivity contribution in [3.05, 3.63) is 24.3 Å². The van der Waals surface area contributed by atoms with Gasteiger partial charge in [-0.2, -0.15) is 0 Å². The lowest BCUT2D eigenvalue weighted by Crippen LogP contribution is -2.45. The minimum absolute atomic E-state index is 0.00476. The van der Waals surface area contributed by atoms with Crippen molar-refractivity contribution in [2.75, 3.05) is 25.0 Å². The van der Waals surface area contributed by atoms with Gasteiger partial charge in [-0.3, -0.25) is 0 Å². The van der Waals surface area contributed by atoms with Gasteiger partial charge in [-0.1, -0.05) is 0 Å². The number of nitrogens with one attached hydrogen (secondary N) is 1. The number of urea groups is 1. The Hall–Kier alpha value is -2.81. The summed E-state index contributed by atoms with van der Waals surface area (Å²) in [5, 5.41) is 2.56. The van der Waals surface area contributed by atoms with Crippen LogP contribution in [0.25, 0.3) is 0 Å². The average Bonchev–Trinajstić information content (AvgIpc) is 2.52. The van der Waals surface area contributed by atoms with Crippen LogP contribution in [0.5, 0.6) is 5.75 Å². The van der Waals surface area contributed by atoms with E-state index in [0.717, 1.165) is 4.90 Å². The van der Waals surface area contributed by atoms with Crippen LogP contribution in [0.15, 0.2) is 24.3 Å². The van der Waals surface area contributed by atoms with Crippen LogP contribution >= 0.6 is 0 Å². The van der Waals surface area contributed by atoms with Gasteiger partial charge in [-0.25, -0.2) is 19.3 Å². The monoisotopic (exact) mass is 367 g/mol. The summed E-state index contributed by atoms with van der Waals surface area (Å²) < 4.78 is 14.8. The number of hydrogen-bond acceptors (Lipinski definition) is 7. The van der Waals surface area contributed by atoms with Gasteiger partial charge in [-0.05, 0) is 52.0 Å². The van der Waals surface area contributed by atoms with Crippen molar-refractivity contribution >= 4 is 24.0 Å². The van der Waals surface area contributed by atoms with Crippen LogP contribution in [0, 0.1) is 0 Å². The van der Waals surface area contributed by atoms with Gasteiger partial charge in [0.2, 0.25) is 0 Å². The van der Waals surface area contributed by atoms with Crippen molar-refractivity contribution in [2.24, 2.45) is 5.73 Å². The molecule has 0 spiro atoms. The Morgan fingerprint density at radius 1 is 1.15 bits per heavy atom. The SMILES string of the molecule is CCOC(=O)Oc1ccc(NC(=O)N(CCN)C(=O)OC(C)(C)C)cc1. The lowest BCUT2D eigenvalue weighted by molar-refractivity contribution is 0.0336. The maximum Gasteiger partial charge on any atom is 0.513 e. The number of nitrogens with zero attached hydrogens (tertiary/aromatic N) is 1. The second-order valence-corrected chi connectivity index (χ2v) is 6.16. The van der Waals surface area contributed by atoms with E-state index in [1.807, 2.05) is 0 Å². The minimum atomic E-state index is -0.816. The Morgan fingerprint density at radius 2 is 1.77 bits per heavy atom. The van der Waals surface area contributed by atoms with E-state index in [0.29, 0.717) is 5.69 Å². The van der Waals surface area contributed by atoms with E-state index in [2.05, 4.69) is 10.1 Å². The molecule has 9 heteroatoms. The third kappa shape index (κ3) is 7.39. The average molecular weight is 367 g/mol. The fourth-order valence-electron chi connectivity index (χ4n) is 1.76. The van der Waals surface area contributed by atoms with Crippen LogP contribution in [-0.2, 0) is 9.47 Å². The van der Waals surface area contributed by atoms with Crippen LogP contribution in [0.1, 0.15) is 27.7 Å². The van der Waals surface area contributed by atoms with E-state index in [-0.39, 0.29) is 25.4 Å². The van der Waals surface area contributed by atoms with Gasteiger partial charge in [0.1, 0.15) is 11.4 Å². The molecule has 0 atom stereocenters. The van der Waals surface area contributed by atoms with Crippen molar-refractivity contribution in [3.8, 4) is 5.75 Å². The molecule has 144 valence electrons. The number of rotatable bonds is 5. The quantitative estimate of drug-likeness (QED) is 0.606. The van der Waals surface area contributed by atoms with Gasteiger partial charge < -0.3 is 25.3 Å². The highest BCUT2D eigenvalue weighted by atomic mass is 16.7. The highest BCUT2D eigenvalue weighted by Crippen LogP contribution is 2.17. The number of nitrogens with two attached hydrogens (primary N) is 1. The molecule has 0 bridgehead atoms. The summed E-state index contributed by atoms with van der Waals surface area (Å²) in [6, 6.07) is 5.31. The second kappa shape index (κ2) is 9.62. The van der Waals surface area contributed by atoms with E-state index in [1.54, 1.807) is 27.7 Å². The largest absolute Gasteiger partial charge is 0.513 e. The first-order chi connectivity index (χ1) is 12.2. The molecule has 26 heavy (non-hydrogen) atoms. The molecule has 0 unspecified atom stereocenters. The van der Waals surface area contributed by atoms with Gasteiger partial charge >= 0.3 is 18.3 Å². The lowest BCUT2D eigenvalue weighted by atomic mass is 10.2. The highest BCUT2D eigenvalue weighted by Gasteiger charge is 2.26. The molecule has 0 radical (unpaired) electrons. The van der Waals surface area contributed by atoms with Crippen LogP contribution < -0.4 is 15.8 Å². The van der Waals surface area contributed by atoms with E-state index >= 15 is 0 Å². The van der Waals surface area contributed by atoms with E-state index in [1.165, 1.54) is 24.3 Å². The van der Waals surface area contributed by atoms with Gasteiger partial charge in [0.15, 0.2) is 0 Å². The summed E-state index contributed by atoms with van der Waals surface area (Å²) in [6.45, 7) is 7.07. The molecule has 0 heterocycles. The molecule has 0 aliphatic heterocycles. The molecular weight excluding hydrogens is 342 g/mol. The first kappa shape index (κ1) is 21.2. The number of carbonyl (C=O) groups is 3. The summed E-state index contributed by atoms with van der Waals surface area (Å²) >= 11 is 0. The maximum atomic E-state index is 12.3. The van der Waals surface area contributed by atoms with Crippen LogP contribution in [0.3, 0.4) is 0 Å². The Kier molecular flexibility index (Phi) is 7.85. The van der Waals surface area contributed by atoms with Crippen molar-refractivity contribution in [1.82, 2.24) is 4.90 Å². The Bertz CT molecular complexity index is 624. The number of hydrogen-bond donors (Lipinski definition) is 2. The van der Waals surface area contributed by atoms with Crippen molar-refractivity contribution < 1.29 is 28.6 Å². The van der Waals surface area contributed by atoms with Gasteiger partial charge in [0.25, 0.3) is 0 Å². The predicted octanol–water partition coefficient (Wildman–Crippen LogP) is 2.95. The Labute approximate surface area is 152 Å². The highest BCUT2D eigenvalue weighted by molar-refractivity contribution is 5.99. The minimum Gasteiger partial charge on any atom is -0.443 e. The number of anilines is 1. The summed E-state index contributed by atoms with van der Waals surface area (Å²) in [4.78, 5) is 36.6. The zero-order chi connectivity index (χ0) is 19.7. The number of amides is 3. The Balaban J connectivity index is 2.73. The third-order valence-electron chi connectivity index (χ3n) is 2.78. The van der Waals surface area contributed by atoms with Crippen molar-refractivity contribution in [1.29, 1.82) is 0 Å². The third-order valence-corrected chi connectivity index (χ3v) is 2.78. The smallest absolute Gasteiger partial charge is 0.443 e. The topological polar surface area (TPSA) is 120 Å². The molecule has 0 saturated carbocycles. The molecule has 0 saturated heterocycles. The van der Waals surface area contributed by atoms with Crippen LogP contribution in [0.2, 0.25) is 0 Å². The second-order valence-electron chi connectivity index (χ2n) is 6.16. The first-order valence-corrected chi connectivity index (χ1v) is 8.12. The molecule has 1 rings (SSSR count). The van der Waals surface area contributed by atoms with Crippen LogP contribution in [0.4, 0.5) is 20.1 Å². The zero-order valence-corrected chi connectivity index (χ0v) is 15.4. The normalized spacial score (nSPS) is 10.7. The van der Waals surface area contributed by atoms with Gasteiger partial charge in [0, 0.05) is 18.8 Å². The number of benzene rings is 1. The van der Waals surface area contributed by atoms with Gasteiger partial charge in [0.05, 0.1) is 6.61 Å². The summed E-state index contributed by atoms with van der Waals surface area (Å²) in [7, 11) is 0. The summed E-state index contributed by atoms with van der Waals surface area (Å²) in [5.41, 5.74) is 5.12. The molecular formula is C17H25N3O6. The first-order valence-electron chi connectivity index (χ1n) is 8.12. The molecule has 9 nitrogen and oxygen atoms in total. The summed E-state index contributed by atoms with van der Waals surface area (Å²) in [5.74, 6) is 0.257. The number of carbonyl (C=O) groups excluding carboxylic acids is 3. The molecule has 0 aromatic heterocycles. The lowest BCUT2D eigenvalue weighted by Gasteiger charge is -2.26.